The van der Waals surface area contributed by atoms with Crippen LogP contribution in [0.2, 0.25) is 0 Å². The van der Waals surface area contributed by atoms with Gasteiger partial charge in [0.05, 0.1) is 13.2 Å². The van der Waals surface area contributed by atoms with Crippen LogP contribution in [0.1, 0.15) is 5.56 Å². The van der Waals surface area contributed by atoms with E-state index in [4.69, 9.17) is 18.9 Å². The summed E-state index contributed by atoms with van der Waals surface area (Å²) in [6.07, 6.45) is 2.67. The highest BCUT2D eigenvalue weighted by atomic mass is 16.7. The summed E-state index contributed by atoms with van der Waals surface area (Å²) in [6, 6.07) is 5.45. The molecule has 2 aliphatic heterocycles. The molecule has 0 fully saturated rings. The molecule has 0 saturated heterocycles. The summed E-state index contributed by atoms with van der Waals surface area (Å²) in [7, 11) is 1.40. The number of rotatable bonds is 3. The molecule has 0 radical (unpaired) electrons. The third kappa shape index (κ3) is 2.71. The molecule has 0 saturated carbocycles. The van der Waals surface area contributed by atoms with Crippen molar-refractivity contribution in [2.24, 2.45) is 0 Å². The first-order valence-corrected chi connectivity index (χ1v) is 6.39. The monoisotopic (exact) mass is 290 g/mol. The highest BCUT2D eigenvalue weighted by Crippen LogP contribution is 2.33. The number of carbonyl (C=O) groups excluding carboxylic acids is 1. The van der Waals surface area contributed by atoms with E-state index in [0.717, 1.165) is 11.6 Å². The van der Waals surface area contributed by atoms with E-state index in [-0.39, 0.29) is 12.6 Å². The van der Waals surface area contributed by atoms with Gasteiger partial charge in [-0.1, -0.05) is 12.1 Å². The zero-order chi connectivity index (χ0) is 14.8. The van der Waals surface area contributed by atoms with Crippen molar-refractivity contribution in [1.29, 1.82) is 0 Å². The van der Waals surface area contributed by atoms with Crippen LogP contribution >= 0.6 is 0 Å². The van der Waals surface area contributed by atoms with Gasteiger partial charge in [-0.2, -0.15) is 0 Å². The van der Waals surface area contributed by atoms with E-state index in [2.05, 4.69) is 0 Å². The van der Waals surface area contributed by atoms with Crippen LogP contribution in [0.15, 0.2) is 36.1 Å². The van der Waals surface area contributed by atoms with Gasteiger partial charge >= 0.3 is 5.97 Å². The van der Waals surface area contributed by atoms with E-state index in [1.54, 1.807) is 18.2 Å². The minimum absolute atomic E-state index is 0.187. The van der Waals surface area contributed by atoms with Gasteiger partial charge < -0.3 is 24.1 Å². The number of ether oxygens (including phenoxy) is 4. The van der Waals surface area contributed by atoms with E-state index in [1.807, 2.05) is 12.1 Å². The summed E-state index contributed by atoms with van der Waals surface area (Å²) in [5.41, 5.74) is 0.844. The molecule has 0 aromatic heterocycles. The topological polar surface area (TPSA) is 74.2 Å². The van der Waals surface area contributed by atoms with Crippen molar-refractivity contribution >= 4 is 12.0 Å². The Morgan fingerprint density at radius 2 is 2.14 bits per heavy atom. The van der Waals surface area contributed by atoms with Crippen molar-refractivity contribution in [3.05, 3.63) is 41.7 Å². The number of carbonyl (C=O) groups is 1. The third-order valence-corrected chi connectivity index (χ3v) is 3.23. The number of cyclic esters (lactones) is 1. The van der Waals surface area contributed by atoms with Crippen molar-refractivity contribution in [2.45, 2.75) is 12.2 Å². The van der Waals surface area contributed by atoms with E-state index >= 15 is 0 Å². The first kappa shape index (κ1) is 13.5. The fraction of sp³-hybridized carbons (Fsp3) is 0.267. The average Bonchev–Trinajstić information content (AvgIpc) is 2.95. The zero-order valence-corrected chi connectivity index (χ0v) is 11.3. The van der Waals surface area contributed by atoms with Gasteiger partial charge in [0.2, 0.25) is 6.79 Å². The lowest BCUT2D eigenvalue weighted by Crippen LogP contribution is -2.35. The Kier molecular flexibility index (Phi) is 3.53. The summed E-state index contributed by atoms with van der Waals surface area (Å²) in [5.74, 6) is 1.00. The van der Waals surface area contributed by atoms with Crippen LogP contribution in [-0.4, -0.2) is 37.2 Å². The third-order valence-electron chi connectivity index (χ3n) is 3.23. The second kappa shape index (κ2) is 5.49. The van der Waals surface area contributed by atoms with Gasteiger partial charge in [-0.15, -0.1) is 0 Å². The highest BCUT2D eigenvalue weighted by molar-refractivity contribution is 5.84. The van der Waals surface area contributed by atoms with Crippen molar-refractivity contribution in [1.82, 2.24) is 0 Å². The molecule has 2 unspecified atom stereocenters. The van der Waals surface area contributed by atoms with Crippen LogP contribution in [0, 0.1) is 0 Å². The number of benzene rings is 1. The van der Waals surface area contributed by atoms with Crippen LogP contribution in [0.3, 0.4) is 0 Å². The number of methoxy groups -OCH3 is 1. The number of esters is 1. The number of fused-ring (bicyclic) bond motifs is 1. The lowest BCUT2D eigenvalue weighted by molar-refractivity contribution is -0.148. The molecular weight excluding hydrogens is 276 g/mol. The molecule has 3 rings (SSSR count). The largest absolute Gasteiger partial charge is 0.498 e. The summed E-state index contributed by atoms with van der Waals surface area (Å²) < 4.78 is 20.5. The summed E-state index contributed by atoms with van der Waals surface area (Å²) >= 11 is 0. The molecule has 0 aliphatic carbocycles. The predicted molar refractivity (Wildman–Crippen MR) is 72.6 cm³/mol. The van der Waals surface area contributed by atoms with E-state index in [0.29, 0.717) is 11.5 Å². The van der Waals surface area contributed by atoms with Crippen LogP contribution in [0.5, 0.6) is 11.5 Å². The molecule has 1 aromatic rings. The van der Waals surface area contributed by atoms with Crippen molar-refractivity contribution in [3.8, 4) is 11.5 Å². The molecule has 110 valence electrons. The maximum atomic E-state index is 11.4. The average molecular weight is 290 g/mol. The molecule has 0 bridgehead atoms. The van der Waals surface area contributed by atoms with E-state index in [1.165, 1.54) is 7.11 Å². The first-order chi connectivity index (χ1) is 10.2. The van der Waals surface area contributed by atoms with Gasteiger partial charge in [0.15, 0.2) is 23.7 Å². The van der Waals surface area contributed by atoms with E-state index < -0.39 is 18.2 Å². The maximum absolute atomic E-state index is 11.4. The predicted octanol–water partition coefficient (Wildman–Crippen LogP) is 1.25. The number of aliphatic hydroxyl groups excluding tert-OH is 1. The minimum Gasteiger partial charge on any atom is -0.498 e. The van der Waals surface area contributed by atoms with E-state index in [9.17, 15) is 9.90 Å². The van der Waals surface area contributed by atoms with Crippen molar-refractivity contribution in [2.75, 3.05) is 13.9 Å². The molecule has 0 amide bonds. The summed E-state index contributed by atoms with van der Waals surface area (Å²) in [6.45, 7) is 0.212. The lowest BCUT2D eigenvalue weighted by atomic mass is 10.1. The standard InChI is InChI=1S/C15H14O6/c1-18-13-7-14(16)21-11(15(13)17)5-3-9-2-4-10-12(6-9)20-8-19-10/h2-7,11,15,17H,8H2,1H3/b5-3+. The second-order valence-corrected chi connectivity index (χ2v) is 4.57. The summed E-state index contributed by atoms with van der Waals surface area (Å²) in [4.78, 5) is 11.4. The van der Waals surface area contributed by atoms with Crippen LogP contribution < -0.4 is 9.47 Å². The molecule has 6 heteroatoms. The van der Waals surface area contributed by atoms with Gasteiger partial charge in [-0.05, 0) is 23.8 Å². The molecule has 0 spiro atoms. The van der Waals surface area contributed by atoms with Gasteiger partial charge in [-0.3, -0.25) is 0 Å². The SMILES string of the molecule is COC1=CC(=O)OC(/C=C/c2ccc3c(c2)OCO3)C1O. The zero-order valence-electron chi connectivity index (χ0n) is 11.3. The number of hydrogen-bond acceptors (Lipinski definition) is 6. The molecule has 21 heavy (non-hydrogen) atoms. The maximum Gasteiger partial charge on any atom is 0.334 e. The Bertz CT molecular complexity index is 619. The van der Waals surface area contributed by atoms with Crippen molar-refractivity contribution in [3.63, 3.8) is 0 Å². The highest BCUT2D eigenvalue weighted by Gasteiger charge is 2.30. The molecule has 1 aromatic carbocycles. The smallest absolute Gasteiger partial charge is 0.334 e. The Labute approximate surface area is 121 Å². The Morgan fingerprint density at radius 1 is 1.33 bits per heavy atom. The second-order valence-electron chi connectivity index (χ2n) is 4.57. The van der Waals surface area contributed by atoms with Gasteiger partial charge in [-0.25, -0.2) is 4.79 Å². The van der Waals surface area contributed by atoms with Crippen LogP contribution in [-0.2, 0) is 14.3 Å². The quantitative estimate of drug-likeness (QED) is 0.844. The Hall–Kier alpha value is -2.47. The Morgan fingerprint density at radius 3 is 2.95 bits per heavy atom. The fourth-order valence-corrected chi connectivity index (χ4v) is 2.14. The first-order valence-electron chi connectivity index (χ1n) is 6.39. The molecule has 1 N–H and O–H groups in total. The van der Waals surface area contributed by atoms with Gasteiger partial charge in [0, 0.05) is 0 Å². The minimum atomic E-state index is -1.02. The molecule has 2 aliphatic rings. The van der Waals surface area contributed by atoms with Gasteiger partial charge in [0.25, 0.3) is 0 Å². The Balaban J connectivity index is 1.77. The molecule has 2 heterocycles. The normalized spacial score (nSPS) is 23.9. The number of aliphatic hydroxyl groups is 1. The molecule has 6 nitrogen and oxygen atoms in total. The fourth-order valence-electron chi connectivity index (χ4n) is 2.14. The van der Waals surface area contributed by atoms with Gasteiger partial charge in [0.1, 0.15) is 5.76 Å². The molecular formula is C15H14O6. The lowest BCUT2D eigenvalue weighted by Gasteiger charge is -2.25. The summed E-state index contributed by atoms with van der Waals surface area (Å²) in [5, 5.41) is 10.0. The van der Waals surface area contributed by atoms with Crippen molar-refractivity contribution < 1.29 is 28.8 Å². The molecule has 2 atom stereocenters. The number of hydrogen-bond donors (Lipinski definition) is 1. The van der Waals surface area contributed by atoms with Crippen LogP contribution in [0.4, 0.5) is 0 Å². The van der Waals surface area contributed by atoms with Crippen LogP contribution in [0.25, 0.3) is 6.08 Å².